The third kappa shape index (κ3) is 4.28. The first kappa shape index (κ1) is 20.1. The van der Waals surface area contributed by atoms with E-state index in [-0.39, 0.29) is 0 Å². The molecule has 0 fully saturated rings. The second-order valence-electron chi connectivity index (χ2n) is 6.88. The van der Waals surface area contributed by atoms with Gasteiger partial charge in [0.2, 0.25) is 0 Å². The van der Waals surface area contributed by atoms with Gasteiger partial charge in [-0.3, -0.25) is 0 Å². The van der Waals surface area contributed by atoms with E-state index in [1.165, 1.54) is 23.5 Å². The second-order valence-corrected chi connectivity index (χ2v) is 7.80. The van der Waals surface area contributed by atoms with Crippen molar-refractivity contribution in [1.29, 1.82) is 0 Å². The van der Waals surface area contributed by atoms with Gasteiger partial charge >= 0.3 is 6.18 Å². The number of rotatable bonds is 7. The minimum atomic E-state index is -4.37. The van der Waals surface area contributed by atoms with Crippen molar-refractivity contribution in [3.63, 3.8) is 0 Å². The van der Waals surface area contributed by atoms with E-state index >= 15 is 0 Å². The van der Waals surface area contributed by atoms with E-state index in [1.54, 1.807) is 0 Å². The number of halogens is 3. The van der Waals surface area contributed by atoms with Crippen molar-refractivity contribution in [1.82, 2.24) is 4.90 Å². The highest BCUT2D eigenvalue weighted by atomic mass is 32.1. The van der Waals surface area contributed by atoms with Gasteiger partial charge in [0.1, 0.15) is 0 Å². The van der Waals surface area contributed by atoms with Crippen molar-refractivity contribution in [3.8, 4) is 0 Å². The number of hydrogen-bond acceptors (Lipinski definition) is 3. The molecule has 1 aromatic heterocycles. The molecule has 1 atom stereocenters. The lowest BCUT2D eigenvalue weighted by atomic mass is 9.98. The maximum Gasteiger partial charge on any atom is 0.416 e. The van der Waals surface area contributed by atoms with E-state index in [0.717, 1.165) is 53.0 Å². The number of nitrogens with zero attached hydrogens (tertiary/aromatic N) is 1. The highest BCUT2D eigenvalue weighted by Gasteiger charge is 2.30. The molecule has 146 valence electrons. The first-order chi connectivity index (χ1) is 12.8. The molecule has 0 aliphatic heterocycles. The summed E-state index contributed by atoms with van der Waals surface area (Å²) in [6, 6.07) is 7.50. The van der Waals surface area contributed by atoms with E-state index < -0.39 is 17.8 Å². The van der Waals surface area contributed by atoms with Gasteiger partial charge in [-0.2, -0.15) is 13.2 Å². The monoisotopic (exact) mass is 395 g/mol. The van der Waals surface area contributed by atoms with Gasteiger partial charge in [-0.05, 0) is 66.3 Å². The van der Waals surface area contributed by atoms with Crippen molar-refractivity contribution in [3.05, 3.63) is 46.8 Å². The SMILES string of the molecule is CCCN(CCC)CC(O)c1cc2ccc(C(F)(F)F)cc2c2ccsc12. The molecule has 0 amide bonds. The minimum absolute atomic E-state index is 0.529. The zero-order valence-corrected chi connectivity index (χ0v) is 16.3. The molecule has 1 heterocycles. The quantitative estimate of drug-likeness (QED) is 0.513. The van der Waals surface area contributed by atoms with Crippen LogP contribution in [0.5, 0.6) is 0 Å². The van der Waals surface area contributed by atoms with Crippen molar-refractivity contribution in [2.75, 3.05) is 19.6 Å². The van der Waals surface area contributed by atoms with Gasteiger partial charge < -0.3 is 10.0 Å². The predicted octanol–water partition coefficient (Wildman–Crippen LogP) is 6.23. The van der Waals surface area contributed by atoms with E-state index in [4.69, 9.17) is 0 Å². The molecule has 1 unspecified atom stereocenters. The first-order valence-corrected chi connectivity index (χ1v) is 10.1. The molecule has 0 spiro atoms. The molecular weight excluding hydrogens is 371 g/mol. The van der Waals surface area contributed by atoms with Gasteiger partial charge in [-0.15, -0.1) is 11.3 Å². The average molecular weight is 395 g/mol. The van der Waals surface area contributed by atoms with Gasteiger partial charge in [0, 0.05) is 22.2 Å². The van der Waals surface area contributed by atoms with Crippen LogP contribution in [0, 0.1) is 0 Å². The van der Waals surface area contributed by atoms with Crippen LogP contribution in [0.3, 0.4) is 0 Å². The molecule has 0 radical (unpaired) electrons. The summed E-state index contributed by atoms with van der Waals surface area (Å²) in [6.45, 7) is 6.59. The van der Waals surface area contributed by atoms with Crippen LogP contribution >= 0.6 is 11.3 Å². The predicted molar refractivity (Wildman–Crippen MR) is 106 cm³/mol. The van der Waals surface area contributed by atoms with Gasteiger partial charge in [0.15, 0.2) is 0 Å². The summed E-state index contributed by atoms with van der Waals surface area (Å²) >= 11 is 1.46. The lowest BCUT2D eigenvalue weighted by Gasteiger charge is -2.25. The van der Waals surface area contributed by atoms with Crippen LogP contribution in [0.25, 0.3) is 20.9 Å². The maximum absolute atomic E-state index is 13.1. The molecular formula is C21H24F3NOS. The summed E-state index contributed by atoms with van der Waals surface area (Å²) < 4.78 is 40.1. The molecule has 0 bridgehead atoms. The summed E-state index contributed by atoms with van der Waals surface area (Å²) in [5, 5.41) is 14.8. The van der Waals surface area contributed by atoms with Crippen LogP contribution in [0.2, 0.25) is 0 Å². The van der Waals surface area contributed by atoms with Crippen molar-refractivity contribution < 1.29 is 18.3 Å². The number of benzene rings is 2. The molecule has 27 heavy (non-hydrogen) atoms. The molecule has 0 aliphatic rings. The molecule has 3 rings (SSSR count). The minimum Gasteiger partial charge on any atom is -0.387 e. The Morgan fingerprint density at radius 1 is 1.04 bits per heavy atom. The number of aliphatic hydroxyl groups excluding tert-OH is 1. The Hall–Kier alpha value is -1.63. The van der Waals surface area contributed by atoms with Gasteiger partial charge in [0.25, 0.3) is 0 Å². The Kier molecular flexibility index (Phi) is 6.08. The lowest BCUT2D eigenvalue weighted by molar-refractivity contribution is -0.137. The van der Waals surface area contributed by atoms with Crippen molar-refractivity contribution in [2.45, 2.75) is 39.0 Å². The Balaban J connectivity index is 2.04. The summed E-state index contributed by atoms with van der Waals surface area (Å²) in [5.74, 6) is 0. The molecule has 2 aromatic carbocycles. The standard InChI is InChI=1S/C21H24F3NOS/c1-3-8-25(9-4-2)13-19(26)18-11-14-5-6-15(21(22,23)24)12-17(14)16-7-10-27-20(16)18/h5-7,10-12,19,26H,3-4,8-9,13H2,1-2H3. The summed E-state index contributed by atoms with van der Waals surface area (Å²) in [6.07, 6.45) is -3.01. The zero-order valence-electron chi connectivity index (χ0n) is 15.5. The normalized spacial score (nSPS) is 13.7. The van der Waals surface area contributed by atoms with Crippen LogP contribution in [0.1, 0.15) is 43.9 Å². The smallest absolute Gasteiger partial charge is 0.387 e. The fourth-order valence-electron chi connectivity index (χ4n) is 3.59. The largest absolute Gasteiger partial charge is 0.416 e. The maximum atomic E-state index is 13.1. The zero-order chi connectivity index (χ0) is 19.6. The number of fused-ring (bicyclic) bond motifs is 3. The lowest BCUT2D eigenvalue weighted by Crippen LogP contribution is -2.30. The third-order valence-corrected chi connectivity index (χ3v) is 5.74. The summed E-state index contributed by atoms with van der Waals surface area (Å²) in [7, 11) is 0. The number of aliphatic hydroxyl groups is 1. The molecule has 0 saturated carbocycles. The Labute approximate surface area is 161 Å². The second kappa shape index (κ2) is 8.17. The Bertz CT molecular complexity index is 913. The molecule has 1 N–H and O–H groups in total. The molecule has 3 aromatic rings. The van der Waals surface area contributed by atoms with E-state index in [1.807, 2.05) is 17.5 Å². The van der Waals surface area contributed by atoms with E-state index in [9.17, 15) is 18.3 Å². The van der Waals surface area contributed by atoms with E-state index in [2.05, 4.69) is 18.7 Å². The summed E-state index contributed by atoms with van der Waals surface area (Å²) in [4.78, 5) is 2.24. The van der Waals surface area contributed by atoms with Gasteiger partial charge in [0.05, 0.1) is 11.7 Å². The molecule has 2 nitrogen and oxygen atoms in total. The Morgan fingerprint density at radius 3 is 2.37 bits per heavy atom. The van der Waals surface area contributed by atoms with Crippen LogP contribution < -0.4 is 0 Å². The third-order valence-electron chi connectivity index (χ3n) is 4.78. The Morgan fingerprint density at radius 2 is 1.74 bits per heavy atom. The number of thiophene rings is 1. The molecule has 0 saturated heterocycles. The fraction of sp³-hybridized carbons (Fsp3) is 0.429. The fourth-order valence-corrected chi connectivity index (χ4v) is 4.56. The van der Waals surface area contributed by atoms with E-state index in [0.29, 0.717) is 11.9 Å². The summed E-state index contributed by atoms with van der Waals surface area (Å²) in [5.41, 5.74) is 0.150. The molecule has 6 heteroatoms. The van der Waals surface area contributed by atoms with Crippen LogP contribution in [-0.4, -0.2) is 29.6 Å². The van der Waals surface area contributed by atoms with Crippen molar-refractivity contribution in [2.24, 2.45) is 0 Å². The van der Waals surface area contributed by atoms with Crippen molar-refractivity contribution >= 4 is 32.2 Å². The van der Waals surface area contributed by atoms with Crippen LogP contribution in [0.15, 0.2) is 35.7 Å². The van der Waals surface area contributed by atoms with Gasteiger partial charge in [-0.25, -0.2) is 0 Å². The van der Waals surface area contributed by atoms with Crippen LogP contribution in [-0.2, 0) is 6.18 Å². The van der Waals surface area contributed by atoms with Crippen LogP contribution in [0.4, 0.5) is 13.2 Å². The molecule has 0 aliphatic carbocycles. The number of hydrogen-bond donors (Lipinski definition) is 1. The highest BCUT2D eigenvalue weighted by Crippen LogP contribution is 2.38. The highest BCUT2D eigenvalue weighted by molar-refractivity contribution is 7.17. The first-order valence-electron chi connectivity index (χ1n) is 9.26. The average Bonchev–Trinajstić information content (AvgIpc) is 3.10. The topological polar surface area (TPSA) is 23.5 Å². The van der Waals surface area contributed by atoms with Gasteiger partial charge in [-0.1, -0.05) is 19.9 Å². The number of alkyl halides is 3.